The summed E-state index contributed by atoms with van der Waals surface area (Å²) in [4.78, 5) is 41.3. The van der Waals surface area contributed by atoms with Gasteiger partial charge in [-0.3, -0.25) is 19.1 Å². The molecule has 8 nitrogen and oxygen atoms in total. The predicted octanol–water partition coefficient (Wildman–Crippen LogP) is -0.0347. The highest BCUT2D eigenvalue weighted by atomic mass is 16.2. The Kier molecular flexibility index (Phi) is 6.90. The third kappa shape index (κ3) is 5.39. The van der Waals surface area contributed by atoms with Crippen molar-refractivity contribution in [2.45, 2.75) is 58.7 Å². The minimum absolute atomic E-state index is 0.0206. The number of aryl methyl sites for hydroxylation is 2. The Morgan fingerprint density at radius 1 is 1.23 bits per heavy atom. The molecule has 2 heterocycles. The van der Waals surface area contributed by atoms with E-state index >= 15 is 0 Å². The second kappa shape index (κ2) is 8.93. The van der Waals surface area contributed by atoms with Crippen LogP contribution in [0.1, 0.15) is 37.6 Å². The molecule has 2 amide bonds. The molecule has 144 valence electrons. The maximum absolute atomic E-state index is 12.2. The molecule has 26 heavy (non-hydrogen) atoms. The molecule has 0 spiro atoms. The quantitative estimate of drug-likeness (QED) is 0.709. The van der Waals surface area contributed by atoms with Crippen LogP contribution in [-0.4, -0.2) is 58.5 Å². The molecule has 0 radical (unpaired) electrons. The number of carbonyl (C=O) groups is 2. The van der Waals surface area contributed by atoms with Gasteiger partial charge in [0.15, 0.2) is 0 Å². The van der Waals surface area contributed by atoms with E-state index < -0.39 is 0 Å². The molecule has 1 aliphatic heterocycles. The van der Waals surface area contributed by atoms with E-state index in [9.17, 15) is 14.4 Å². The van der Waals surface area contributed by atoms with Gasteiger partial charge in [-0.15, -0.1) is 0 Å². The van der Waals surface area contributed by atoms with Gasteiger partial charge in [-0.05, 0) is 39.8 Å². The van der Waals surface area contributed by atoms with E-state index in [1.807, 2.05) is 20.0 Å². The van der Waals surface area contributed by atoms with Crippen LogP contribution in [-0.2, 0) is 16.1 Å². The molecule has 0 bridgehead atoms. The second-order valence-electron chi connectivity index (χ2n) is 7.01. The van der Waals surface area contributed by atoms with Crippen LogP contribution in [0.4, 0.5) is 0 Å². The fourth-order valence-electron chi connectivity index (χ4n) is 3.48. The van der Waals surface area contributed by atoms with Crippen LogP contribution in [0.15, 0.2) is 10.9 Å². The normalized spacial score (nSPS) is 20.2. The molecule has 1 aliphatic rings. The lowest BCUT2D eigenvalue weighted by molar-refractivity contribution is -0.122. The van der Waals surface area contributed by atoms with Gasteiger partial charge in [-0.1, -0.05) is 0 Å². The van der Waals surface area contributed by atoms with Crippen molar-refractivity contribution in [2.75, 3.05) is 20.1 Å². The van der Waals surface area contributed by atoms with E-state index in [1.165, 1.54) is 6.92 Å². The molecule has 1 saturated heterocycles. The molecule has 0 unspecified atom stereocenters. The highest BCUT2D eigenvalue weighted by Gasteiger charge is 2.31. The van der Waals surface area contributed by atoms with Gasteiger partial charge in [0.25, 0.3) is 0 Å². The first-order valence-corrected chi connectivity index (χ1v) is 9.06. The van der Waals surface area contributed by atoms with E-state index in [0.717, 1.165) is 18.5 Å². The Morgan fingerprint density at radius 3 is 2.58 bits per heavy atom. The standard InChI is InChI=1S/C18H29N5O3/c1-12-9-13(2)23(18(26)21-12)8-7-19-17(25)10-15-5-6-16(22(15)4)11-20-14(3)24/h9,15-16H,5-8,10-11H2,1-4H3,(H,19,25)(H,20,24)/t15-,16+/m0/s1. The number of carbonyl (C=O) groups excluding carboxylic acids is 2. The minimum Gasteiger partial charge on any atom is -0.355 e. The summed E-state index contributed by atoms with van der Waals surface area (Å²) in [6, 6.07) is 2.31. The summed E-state index contributed by atoms with van der Waals surface area (Å²) < 4.78 is 1.57. The fraction of sp³-hybridized carbons (Fsp3) is 0.667. The van der Waals surface area contributed by atoms with E-state index in [0.29, 0.717) is 31.7 Å². The minimum atomic E-state index is -0.284. The van der Waals surface area contributed by atoms with Crippen LogP contribution < -0.4 is 16.3 Å². The zero-order chi connectivity index (χ0) is 19.3. The van der Waals surface area contributed by atoms with Crippen molar-refractivity contribution in [3.63, 3.8) is 0 Å². The van der Waals surface area contributed by atoms with E-state index in [-0.39, 0.29) is 29.6 Å². The third-order valence-corrected chi connectivity index (χ3v) is 5.00. The van der Waals surface area contributed by atoms with Gasteiger partial charge in [0.2, 0.25) is 11.8 Å². The van der Waals surface area contributed by atoms with Crippen molar-refractivity contribution in [1.29, 1.82) is 0 Å². The summed E-state index contributed by atoms with van der Waals surface area (Å²) in [5.74, 6) is -0.0523. The molecule has 2 atom stereocenters. The molecule has 0 aliphatic carbocycles. The van der Waals surface area contributed by atoms with Crippen LogP contribution in [0.3, 0.4) is 0 Å². The zero-order valence-electron chi connectivity index (χ0n) is 16.0. The van der Waals surface area contributed by atoms with Crippen molar-refractivity contribution >= 4 is 11.8 Å². The number of aromatic nitrogens is 2. The van der Waals surface area contributed by atoms with E-state index in [1.54, 1.807) is 11.5 Å². The molecule has 8 heteroatoms. The van der Waals surface area contributed by atoms with Crippen LogP contribution in [0.25, 0.3) is 0 Å². The molecule has 2 rings (SSSR count). The summed E-state index contributed by atoms with van der Waals surface area (Å²) in [7, 11) is 2.00. The Labute approximate surface area is 154 Å². The highest BCUT2D eigenvalue weighted by molar-refractivity contribution is 5.76. The summed E-state index contributed by atoms with van der Waals surface area (Å²) in [5.41, 5.74) is 1.26. The fourth-order valence-corrected chi connectivity index (χ4v) is 3.48. The number of hydrogen-bond donors (Lipinski definition) is 2. The maximum Gasteiger partial charge on any atom is 0.348 e. The first kappa shape index (κ1) is 20.1. The lowest BCUT2D eigenvalue weighted by Crippen LogP contribution is -2.42. The van der Waals surface area contributed by atoms with Crippen LogP contribution in [0.2, 0.25) is 0 Å². The third-order valence-electron chi connectivity index (χ3n) is 5.00. The number of hydrogen-bond acceptors (Lipinski definition) is 5. The summed E-state index contributed by atoms with van der Waals surface area (Å²) in [6.07, 6.45) is 2.33. The Bertz CT molecular complexity index is 715. The lowest BCUT2D eigenvalue weighted by Gasteiger charge is -2.25. The number of rotatable bonds is 7. The lowest BCUT2D eigenvalue weighted by atomic mass is 10.1. The van der Waals surface area contributed by atoms with Gasteiger partial charge in [0, 0.05) is 56.5 Å². The van der Waals surface area contributed by atoms with Gasteiger partial charge >= 0.3 is 5.69 Å². The van der Waals surface area contributed by atoms with Crippen LogP contribution in [0.5, 0.6) is 0 Å². The molecule has 2 N–H and O–H groups in total. The molecule has 1 aromatic rings. The number of likely N-dealkylation sites (N-methyl/N-ethyl adjacent to an activating group) is 1. The largest absolute Gasteiger partial charge is 0.355 e. The van der Waals surface area contributed by atoms with Crippen molar-refractivity contribution in [2.24, 2.45) is 0 Å². The number of likely N-dealkylation sites (tertiary alicyclic amines) is 1. The van der Waals surface area contributed by atoms with Crippen molar-refractivity contribution in [1.82, 2.24) is 25.1 Å². The number of nitrogens with zero attached hydrogens (tertiary/aromatic N) is 3. The summed E-state index contributed by atoms with van der Waals surface area (Å²) >= 11 is 0. The zero-order valence-corrected chi connectivity index (χ0v) is 16.0. The first-order chi connectivity index (χ1) is 12.3. The van der Waals surface area contributed by atoms with Crippen molar-refractivity contribution in [3.8, 4) is 0 Å². The van der Waals surface area contributed by atoms with Crippen molar-refractivity contribution in [3.05, 3.63) is 27.9 Å². The van der Waals surface area contributed by atoms with E-state index in [2.05, 4.69) is 20.5 Å². The highest BCUT2D eigenvalue weighted by Crippen LogP contribution is 2.24. The average molecular weight is 363 g/mol. The number of nitrogens with one attached hydrogen (secondary N) is 2. The number of amides is 2. The SMILES string of the molecule is CC(=O)NC[C@H]1CC[C@@H](CC(=O)NCCn2c(C)cc(C)nc2=O)N1C. The van der Waals surface area contributed by atoms with E-state index in [4.69, 9.17) is 0 Å². The Hall–Kier alpha value is -2.22. The predicted molar refractivity (Wildman–Crippen MR) is 98.9 cm³/mol. The van der Waals surface area contributed by atoms with Gasteiger partial charge in [0.05, 0.1) is 0 Å². The molecule has 0 saturated carbocycles. The van der Waals surface area contributed by atoms with Gasteiger partial charge in [-0.25, -0.2) is 4.79 Å². The maximum atomic E-state index is 12.2. The van der Waals surface area contributed by atoms with Crippen molar-refractivity contribution < 1.29 is 9.59 Å². The summed E-state index contributed by atoms with van der Waals surface area (Å²) in [6.45, 7) is 6.59. The molecular formula is C18H29N5O3. The molecule has 1 fully saturated rings. The molecular weight excluding hydrogens is 334 g/mol. The Balaban J connectivity index is 1.77. The smallest absolute Gasteiger partial charge is 0.348 e. The Morgan fingerprint density at radius 2 is 1.92 bits per heavy atom. The first-order valence-electron chi connectivity index (χ1n) is 9.06. The van der Waals surface area contributed by atoms with Crippen LogP contribution in [0, 0.1) is 13.8 Å². The van der Waals surface area contributed by atoms with Gasteiger partial charge < -0.3 is 10.6 Å². The summed E-state index contributed by atoms with van der Waals surface area (Å²) in [5, 5.41) is 5.73. The topological polar surface area (TPSA) is 96.3 Å². The monoisotopic (exact) mass is 363 g/mol. The molecule has 0 aromatic carbocycles. The second-order valence-corrected chi connectivity index (χ2v) is 7.01. The van der Waals surface area contributed by atoms with Crippen LogP contribution >= 0.6 is 0 Å². The van der Waals surface area contributed by atoms with Gasteiger partial charge in [-0.2, -0.15) is 4.98 Å². The van der Waals surface area contributed by atoms with Gasteiger partial charge in [0.1, 0.15) is 0 Å². The molecule has 1 aromatic heterocycles. The average Bonchev–Trinajstić information content (AvgIpc) is 2.88.